The van der Waals surface area contributed by atoms with Crippen molar-refractivity contribution in [1.29, 1.82) is 0 Å². The SMILES string of the molecule is CCOc1ccc(N=Nc2c(O)ccc3ccccc23)c([N+](=O)[O-])c1. The zero-order valence-corrected chi connectivity index (χ0v) is 13.4. The molecule has 0 amide bonds. The Bertz CT molecular complexity index is 970. The lowest BCUT2D eigenvalue weighted by molar-refractivity contribution is -0.384. The van der Waals surface area contributed by atoms with Crippen molar-refractivity contribution in [3.63, 3.8) is 0 Å². The van der Waals surface area contributed by atoms with Crippen LogP contribution in [0, 0.1) is 10.1 Å². The molecule has 0 heterocycles. The molecule has 0 fully saturated rings. The highest BCUT2D eigenvalue weighted by Gasteiger charge is 2.15. The Balaban J connectivity index is 2.06. The van der Waals surface area contributed by atoms with E-state index in [0.717, 1.165) is 5.39 Å². The summed E-state index contributed by atoms with van der Waals surface area (Å²) < 4.78 is 5.27. The zero-order chi connectivity index (χ0) is 17.8. The maximum atomic E-state index is 11.3. The minimum absolute atomic E-state index is 0.0453. The summed E-state index contributed by atoms with van der Waals surface area (Å²) in [6, 6.07) is 15.0. The minimum Gasteiger partial charge on any atom is -0.506 e. The van der Waals surface area contributed by atoms with E-state index in [1.165, 1.54) is 18.2 Å². The molecule has 0 atom stereocenters. The van der Waals surface area contributed by atoms with E-state index in [1.807, 2.05) is 18.2 Å². The lowest BCUT2D eigenvalue weighted by Crippen LogP contribution is -1.94. The molecule has 3 rings (SSSR count). The summed E-state index contributed by atoms with van der Waals surface area (Å²) in [6.07, 6.45) is 0. The number of fused-ring (bicyclic) bond motifs is 1. The second kappa shape index (κ2) is 6.96. The summed E-state index contributed by atoms with van der Waals surface area (Å²) in [4.78, 5) is 10.7. The zero-order valence-electron chi connectivity index (χ0n) is 13.4. The third kappa shape index (κ3) is 3.40. The number of hydrogen-bond donors (Lipinski definition) is 1. The number of phenols is 1. The number of nitrogens with zero attached hydrogens (tertiary/aromatic N) is 3. The molecule has 0 aromatic heterocycles. The summed E-state index contributed by atoms with van der Waals surface area (Å²) in [7, 11) is 0. The first-order chi connectivity index (χ1) is 12.1. The normalized spacial score (nSPS) is 11.1. The first kappa shape index (κ1) is 16.4. The van der Waals surface area contributed by atoms with Crippen molar-refractivity contribution >= 4 is 27.8 Å². The fraction of sp³-hybridized carbons (Fsp3) is 0.111. The summed E-state index contributed by atoms with van der Waals surface area (Å²) >= 11 is 0. The van der Waals surface area contributed by atoms with Crippen molar-refractivity contribution in [1.82, 2.24) is 0 Å². The molecule has 0 aliphatic rings. The van der Waals surface area contributed by atoms with Gasteiger partial charge in [-0.25, -0.2) is 0 Å². The van der Waals surface area contributed by atoms with Gasteiger partial charge in [0.1, 0.15) is 17.2 Å². The van der Waals surface area contributed by atoms with Crippen molar-refractivity contribution in [3.05, 3.63) is 64.7 Å². The molecule has 3 aromatic rings. The number of aromatic hydroxyl groups is 1. The van der Waals surface area contributed by atoms with Crippen molar-refractivity contribution < 1.29 is 14.8 Å². The van der Waals surface area contributed by atoms with Crippen LogP contribution in [0.2, 0.25) is 0 Å². The van der Waals surface area contributed by atoms with Crippen LogP contribution in [-0.4, -0.2) is 16.6 Å². The second-order valence-corrected chi connectivity index (χ2v) is 5.20. The van der Waals surface area contributed by atoms with Gasteiger partial charge in [-0.1, -0.05) is 30.3 Å². The van der Waals surface area contributed by atoms with Gasteiger partial charge in [0.05, 0.1) is 17.6 Å². The Morgan fingerprint density at radius 1 is 1.12 bits per heavy atom. The lowest BCUT2D eigenvalue weighted by atomic mass is 10.1. The minimum atomic E-state index is -0.542. The lowest BCUT2D eigenvalue weighted by Gasteiger charge is -2.05. The van der Waals surface area contributed by atoms with Gasteiger partial charge in [0.2, 0.25) is 0 Å². The molecule has 7 nitrogen and oxygen atoms in total. The van der Waals surface area contributed by atoms with Crippen LogP contribution in [0.15, 0.2) is 64.8 Å². The first-order valence-corrected chi connectivity index (χ1v) is 7.64. The van der Waals surface area contributed by atoms with Gasteiger partial charge in [-0.2, -0.15) is 0 Å². The monoisotopic (exact) mass is 337 g/mol. The smallest absolute Gasteiger partial charge is 0.300 e. The van der Waals surface area contributed by atoms with Crippen molar-refractivity contribution in [2.24, 2.45) is 10.2 Å². The second-order valence-electron chi connectivity index (χ2n) is 5.20. The predicted molar refractivity (Wildman–Crippen MR) is 94.1 cm³/mol. The Morgan fingerprint density at radius 3 is 2.68 bits per heavy atom. The molecule has 126 valence electrons. The van der Waals surface area contributed by atoms with Crippen LogP contribution >= 0.6 is 0 Å². The standard InChI is InChI=1S/C18H15N3O4/c1-2-25-13-8-9-15(16(11-13)21(23)24)19-20-18-14-6-4-3-5-12(14)7-10-17(18)22/h3-11,22H,2H2,1H3. The third-order valence-electron chi connectivity index (χ3n) is 3.59. The molecule has 3 aromatic carbocycles. The maximum absolute atomic E-state index is 11.3. The summed E-state index contributed by atoms with van der Waals surface area (Å²) in [5.41, 5.74) is 0.136. The Morgan fingerprint density at radius 2 is 1.92 bits per heavy atom. The van der Waals surface area contributed by atoms with Crippen molar-refractivity contribution in [2.75, 3.05) is 6.61 Å². The molecule has 7 heteroatoms. The Kier molecular flexibility index (Phi) is 4.56. The number of hydrogen-bond acceptors (Lipinski definition) is 6. The fourth-order valence-corrected chi connectivity index (χ4v) is 2.44. The summed E-state index contributed by atoms with van der Waals surface area (Å²) in [6.45, 7) is 2.20. The molecule has 0 unspecified atom stereocenters. The van der Waals surface area contributed by atoms with Crippen LogP contribution in [0.4, 0.5) is 17.1 Å². The van der Waals surface area contributed by atoms with E-state index in [0.29, 0.717) is 17.7 Å². The van der Waals surface area contributed by atoms with Gasteiger partial charge >= 0.3 is 0 Å². The van der Waals surface area contributed by atoms with Gasteiger partial charge in [-0.05, 0) is 30.5 Å². The number of nitro groups is 1. The van der Waals surface area contributed by atoms with Crippen LogP contribution in [0.1, 0.15) is 6.92 Å². The molecule has 0 saturated carbocycles. The molecular weight excluding hydrogens is 322 g/mol. The predicted octanol–water partition coefficient (Wildman–Crippen LogP) is 5.27. The first-order valence-electron chi connectivity index (χ1n) is 7.64. The van der Waals surface area contributed by atoms with Gasteiger partial charge in [0.25, 0.3) is 5.69 Å². The largest absolute Gasteiger partial charge is 0.506 e. The van der Waals surface area contributed by atoms with Crippen LogP contribution < -0.4 is 4.74 Å². The van der Waals surface area contributed by atoms with Crippen molar-refractivity contribution in [3.8, 4) is 11.5 Å². The Hall–Kier alpha value is -3.48. The summed E-state index contributed by atoms with van der Waals surface area (Å²) in [5.74, 6) is 0.345. The number of nitro benzene ring substituents is 1. The number of phenolic OH excluding ortho intramolecular Hbond substituents is 1. The van der Waals surface area contributed by atoms with E-state index in [4.69, 9.17) is 4.74 Å². The number of ether oxygens (including phenoxy) is 1. The number of benzene rings is 3. The average Bonchev–Trinajstić information content (AvgIpc) is 2.61. The molecule has 0 spiro atoms. The van der Waals surface area contributed by atoms with Gasteiger partial charge in [-0.15, -0.1) is 10.2 Å². The van der Waals surface area contributed by atoms with Crippen molar-refractivity contribution in [2.45, 2.75) is 6.92 Å². The van der Waals surface area contributed by atoms with E-state index < -0.39 is 4.92 Å². The quantitative estimate of drug-likeness (QED) is 0.389. The molecule has 0 aliphatic carbocycles. The van der Waals surface area contributed by atoms with Gasteiger partial charge in [0.15, 0.2) is 5.69 Å². The molecule has 0 bridgehead atoms. The maximum Gasteiger partial charge on any atom is 0.300 e. The van der Waals surface area contributed by atoms with E-state index in [9.17, 15) is 15.2 Å². The fourth-order valence-electron chi connectivity index (χ4n) is 2.44. The van der Waals surface area contributed by atoms with E-state index in [2.05, 4.69) is 10.2 Å². The van der Waals surface area contributed by atoms with Crippen LogP contribution in [0.5, 0.6) is 11.5 Å². The molecule has 0 saturated heterocycles. The van der Waals surface area contributed by atoms with E-state index in [-0.39, 0.29) is 22.8 Å². The van der Waals surface area contributed by atoms with Gasteiger partial charge in [0, 0.05) is 5.39 Å². The Labute approximate surface area is 143 Å². The van der Waals surface area contributed by atoms with Gasteiger partial charge < -0.3 is 9.84 Å². The third-order valence-corrected chi connectivity index (χ3v) is 3.59. The molecule has 0 radical (unpaired) electrons. The highest BCUT2D eigenvalue weighted by molar-refractivity contribution is 5.95. The van der Waals surface area contributed by atoms with Gasteiger partial charge in [-0.3, -0.25) is 10.1 Å². The topological polar surface area (TPSA) is 97.3 Å². The molecule has 25 heavy (non-hydrogen) atoms. The van der Waals surface area contributed by atoms with Crippen LogP contribution in [0.25, 0.3) is 10.8 Å². The van der Waals surface area contributed by atoms with Crippen LogP contribution in [-0.2, 0) is 0 Å². The number of azo groups is 1. The highest BCUT2D eigenvalue weighted by atomic mass is 16.6. The average molecular weight is 337 g/mol. The molecule has 1 N–H and O–H groups in total. The van der Waals surface area contributed by atoms with E-state index in [1.54, 1.807) is 25.1 Å². The number of rotatable bonds is 5. The molecule has 0 aliphatic heterocycles. The van der Waals surface area contributed by atoms with Crippen LogP contribution in [0.3, 0.4) is 0 Å². The van der Waals surface area contributed by atoms with E-state index >= 15 is 0 Å². The highest BCUT2D eigenvalue weighted by Crippen LogP contribution is 2.38. The molecular formula is C18H15N3O4. The summed E-state index contributed by atoms with van der Waals surface area (Å²) in [5, 5.41) is 31.0.